The number of esters is 1. The van der Waals surface area contributed by atoms with E-state index in [-0.39, 0.29) is 17.6 Å². The summed E-state index contributed by atoms with van der Waals surface area (Å²) < 4.78 is 5.99. The molecule has 1 atom stereocenters. The molecule has 6 fully saturated rings. The molecular weight excluding hydrogens is 358 g/mol. The fraction of sp³-hybridized carbons (Fsp3) is 0.692. The molecule has 1 heterocycles. The van der Waals surface area contributed by atoms with Crippen LogP contribution in [0.2, 0.25) is 0 Å². The number of hydrogen-bond acceptors (Lipinski definition) is 3. The fourth-order valence-electron chi connectivity index (χ4n) is 8.16. The summed E-state index contributed by atoms with van der Waals surface area (Å²) in [6, 6.07) is 11.2. The topological polar surface area (TPSA) is 38.7 Å². The van der Waals surface area contributed by atoms with Gasteiger partial charge in [0.05, 0.1) is 18.2 Å². The van der Waals surface area contributed by atoms with Crippen LogP contribution in [0, 0.1) is 23.2 Å². The Hall–Kier alpha value is -1.64. The van der Waals surface area contributed by atoms with Crippen LogP contribution in [0.1, 0.15) is 88.7 Å². The van der Waals surface area contributed by atoms with Crippen LogP contribution < -0.4 is 0 Å². The highest BCUT2D eigenvalue weighted by Gasteiger charge is 2.55. The van der Waals surface area contributed by atoms with Crippen molar-refractivity contribution < 1.29 is 9.53 Å². The Morgan fingerprint density at radius 2 is 1.52 bits per heavy atom. The zero-order chi connectivity index (χ0) is 19.5. The second-order valence-corrected chi connectivity index (χ2v) is 10.9. The first kappa shape index (κ1) is 18.2. The van der Waals surface area contributed by atoms with Crippen LogP contribution in [0.5, 0.6) is 0 Å². The third-order valence-electron chi connectivity index (χ3n) is 8.87. The van der Waals surface area contributed by atoms with Crippen LogP contribution in [-0.2, 0) is 9.53 Å². The Kier molecular flexibility index (Phi) is 4.18. The molecule has 0 aromatic heterocycles. The molecule has 5 aliphatic carbocycles. The van der Waals surface area contributed by atoms with Gasteiger partial charge in [0.15, 0.2) is 5.60 Å². The van der Waals surface area contributed by atoms with Crippen LogP contribution >= 0.6 is 0 Å². The SMILES string of the molecule is O=C1CC(=N[C@@H](c2ccccc2)C23CC4CC(CC(C4)C2)C3)C2(CCCCC2)O1. The molecule has 1 spiro atoms. The second kappa shape index (κ2) is 6.68. The van der Waals surface area contributed by atoms with Crippen molar-refractivity contribution in [3.63, 3.8) is 0 Å². The molecule has 0 unspecified atom stereocenters. The highest BCUT2D eigenvalue weighted by atomic mass is 16.6. The molecule has 29 heavy (non-hydrogen) atoms. The summed E-state index contributed by atoms with van der Waals surface area (Å²) in [6.45, 7) is 0. The van der Waals surface area contributed by atoms with Crippen LogP contribution in [0.15, 0.2) is 35.3 Å². The van der Waals surface area contributed by atoms with E-state index in [1.165, 1.54) is 50.5 Å². The quantitative estimate of drug-likeness (QED) is 0.590. The van der Waals surface area contributed by atoms with Crippen LogP contribution in [-0.4, -0.2) is 17.3 Å². The van der Waals surface area contributed by atoms with Crippen LogP contribution in [0.4, 0.5) is 0 Å². The monoisotopic (exact) mass is 391 g/mol. The molecule has 0 radical (unpaired) electrons. The molecule has 154 valence electrons. The highest BCUT2D eigenvalue weighted by molar-refractivity contribution is 6.09. The summed E-state index contributed by atoms with van der Waals surface area (Å²) in [5.41, 5.74) is 2.34. The molecular formula is C26H33NO2. The van der Waals surface area contributed by atoms with E-state index >= 15 is 0 Å². The van der Waals surface area contributed by atoms with E-state index in [1.54, 1.807) is 0 Å². The van der Waals surface area contributed by atoms with Gasteiger partial charge in [0.2, 0.25) is 0 Å². The van der Waals surface area contributed by atoms with Crippen molar-refractivity contribution in [2.45, 2.75) is 88.7 Å². The van der Waals surface area contributed by atoms with E-state index in [9.17, 15) is 4.79 Å². The van der Waals surface area contributed by atoms with Gasteiger partial charge in [-0.3, -0.25) is 9.79 Å². The van der Waals surface area contributed by atoms with Gasteiger partial charge in [-0.15, -0.1) is 0 Å². The van der Waals surface area contributed by atoms with E-state index in [1.807, 2.05) is 0 Å². The number of nitrogens with zero attached hydrogens (tertiary/aromatic N) is 1. The Bertz CT molecular complexity index is 785. The van der Waals surface area contributed by atoms with E-state index in [4.69, 9.17) is 9.73 Å². The Morgan fingerprint density at radius 1 is 0.897 bits per heavy atom. The van der Waals surface area contributed by atoms with Gasteiger partial charge in [-0.05, 0) is 92.9 Å². The molecule has 1 aromatic rings. The van der Waals surface area contributed by atoms with Gasteiger partial charge in [0.1, 0.15) is 0 Å². The predicted octanol–water partition coefficient (Wildman–Crippen LogP) is 6.03. The zero-order valence-corrected chi connectivity index (χ0v) is 17.4. The molecule has 3 nitrogen and oxygen atoms in total. The Morgan fingerprint density at radius 3 is 2.14 bits per heavy atom. The molecule has 1 saturated heterocycles. The standard InChI is InChI=1S/C26H33NO2/c28-23-14-22(26(29-23)9-5-2-6-10-26)27-24(21-7-3-1-4-8-21)25-15-18-11-19(16-25)13-20(12-18)17-25/h1,3-4,7-8,18-20,24H,2,5-6,9-17H2/t18?,19?,20?,24-,25?/m0/s1. The lowest BCUT2D eigenvalue weighted by atomic mass is 9.47. The molecule has 7 rings (SSSR count). The van der Waals surface area contributed by atoms with Crippen LogP contribution in [0.25, 0.3) is 0 Å². The number of rotatable bonds is 3. The molecule has 4 bridgehead atoms. The van der Waals surface area contributed by atoms with E-state index in [0.717, 1.165) is 49.1 Å². The minimum atomic E-state index is -0.384. The molecule has 3 heteroatoms. The maximum atomic E-state index is 12.4. The number of carbonyl (C=O) groups excluding carboxylic acids is 1. The molecule has 1 aromatic carbocycles. The van der Waals surface area contributed by atoms with Gasteiger partial charge >= 0.3 is 5.97 Å². The van der Waals surface area contributed by atoms with Crippen molar-refractivity contribution in [1.82, 2.24) is 0 Å². The lowest BCUT2D eigenvalue weighted by molar-refractivity contribution is -0.148. The number of hydrogen-bond donors (Lipinski definition) is 0. The maximum absolute atomic E-state index is 12.4. The highest BCUT2D eigenvalue weighted by Crippen LogP contribution is 2.65. The number of carbonyl (C=O) groups is 1. The first-order chi connectivity index (χ1) is 14.1. The van der Waals surface area contributed by atoms with Crippen molar-refractivity contribution in [1.29, 1.82) is 0 Å². The summed E-state index contributed by atoms with van der Waals surface area (Å²) >= 11 is 0. The average Bonchev–Trinajstić information content (AvgIpc) is 3.00. The van der Waals surface area contributed by atoms with Crippen molar-refractivity contribution >= 4 is 11.7 Å². The van der Waals surface area contributed by atoms with Gasteiger partial charge < -0.3 is 4.74 Å². The van der Waals surface area contributed by atoms with Crippen molar-refractivity contribution in [3.8, 4) is 0 Å². The van der Waals surface area contributed by atoms with E-state index < -0.39 is 0 Å². The second-order valence-electron chi connectivity index (χ2n) is 10.9. The summed E-state index contributed by atoms with van der Waals surface area (Å²) in [5.74, 6) is 2.65. The third-order valence-corrected chi connectivity index (χ3v) is 8.87. The first-order valence-corrected chi connectivity index (χ1v) is 12.0. The first-order valence-electron chi connectivity index (χ1n) is 12.0. The van der Waals surface area contributed by atoms with Gasteiger partial charge in [0.25, 0.3) is 0 Å². The largest absolute Gasteiger partial charge is 0.453 e. The molecule has 0 amide bonds. The average molecular weight is 392 g/mol. The predicted molar refractivity (Wildman–Crippen MR) is 114 cm³/mol. The minimum Gasteiger partial charge on any atom is -0.453 e. The van der Waals surface area contributed by atoms with Crippen LogP contribution in [0.3, 0.4) is 0 Å². The van der Waals surface area contributed by atoms with Crippen molar-refractivity contribution in [3.05, 3.63) is 35.9 Å². The van der Waals surface area contributed by atoms with Crippen molar-refractivity contribution in [2.75, 3.05) is 0 Å². The lowest BCUT2D eigenvalue weighted by Crippen LogP contribution is -2.49. The Labute approximate surface area is 174 Å². The molecule has 1 aliphatic heterocycles. The lowest BCUT2D eigenvalue weighted by Gasteiger charge is -2.59. The third kappa shape index (κ3) is 2.99. The Balaban J connectivity index is 1.44. The van der Waals surface area contributed by atoms with Gasteiger partial charge in [-0.1, -0.05) is 36.8 Å². The van der Waals surface area contributed by atoms with Crippen molar-refractivity contribution in [2.24, 2.45) is 28.2 Å². The fourth-order valence-corrected chi connectivity index (χ4v) is 8.16. The van der Waals surface area contributed by atoms with Gasteiger partial charge in [-0.25, -0.2) is 0 Å². The zero-order valence-electron chi connectivity index (χ0n) is 17.4. The van der Waals surface area contributed by atoms with Gasteiger partial charge in [-0.2, -0.15) is 0 Å². The molecule has 6 aliphatic rings. The normalized spacial score (nSPS) is 39.8. The summed E-state index contributed by atoms with van der Waals surface area (Å²) in [4.78, 5) is 17.9. The molecule has 5 saturated carbocycles. The number of benzene rings is 1. The minimum absolute atomic E-state index is 0.0528. The van der Waals surface area contributed by atoms with Gasteiger partial charge in [0, 0.05) is 0 Å². The van der Waals surface area contributed by atoms with E-state index in [2.05, 4.69) is 30.3 Å². The number of ether oxygens (including phenoxy) is 1. The maximum Gasteiger partial charge on any atom is 0.312 e. The number of aliphatic imine (C=N–C) groups is 1. The summed E-state index contributed by atoms with van der Waals surface area (Å²) in [6.07, 6.45) is 14.2. The molecule has 0 N–H and O–H groups in total. The summed E-state index contributed by atoms with van der Waals surface area (Å²) in [7, 11) is 0. The summed E-state index contributed by atoms with van der Waals surface area (Å²) in [5, 5.41) is 0. The van der Waals surface area contributed by atoms with E-state index in [0.29, 0.717) is 11.8 Å². The smallest absolute Gasteiger partial charge is 0.312 e.